The highest BCUT2D eigenvalue weighted by Gasteiger charge is 2.27. The molecule has 0 saturated heterocycles. The van der Waals surface area contributed by atoms with Crippen molar-refractivity contribution in [2.24, 2.45) is 4.99 Å². The number of benzene rings is 1. The van der Waals surface area contributed by atoms with Crippen molar-refractivity contribution in [1.82, 2.24) is 0 Å². The minimum atomic E-state index is 0.0948. The minimum absolute atomic E-state index is 0.0948. The van der Waals surface area contributed by atoms with E-state index in [0.29, 0.717) is 0 Å². The van der Waals surface area contributed by atoms with Crippen LogP contribution in [0.4, 0.5) is 0 Å². The monoisotopic (exact) mass is 229 g/mol. The van der Waals surface area contributed by atoms with Crippen molar-refractivity contribution in [2.75, 3.05) is 6.61 Å². The molecule has 1 aliphatic rings. The molecule has 1 aromatic rings. The third-order valence-electron chi connectivity index (χ3n) is 3.43. The molecule has 0 fully saturated rings. The van der Waals surface area contributed by atoms with Crippen molar-refractivity contribution in [2.45, 2.75) is 32.2 Å². The third-order valence-corrected chi connectivity index (χ3v) is 3.43. The molecule has 2 unspecified atom stereocenters. The average molecular weight is 229 g/mol. The summed E-state index contributed by atoms with van der Waals surface area (Å²) in [6.07, 6.45) is 2.62. The molecule has 17 heavy (non-hydrogen) atoms. The Hall–Kier alpha value is -1.41. The van der Waals surface area contributed by atoms with E-state index < -0.39 is 0 Å². The summed E-state index contributed by atoms with van der Waals surface area (Å²) in [6, 6.07) is 6.57. The maximum absolute atomic E-state index is 9.20. The smallest absolute Gasteiger partial charge is 0.0750 e. The molecule has 1 aliphatic heterocycles. The Balaban J connectivity index is 2.51. The second kappa shape index (κ2) is 4.84. The molecular weight excluding hydrogens is 210 g/mol. The van der Waals surface area contributed by atoms with Gasteiger partial charge < -0.3 is 5.11 Å². The van der Waals surface area contributed by atoms with E-state index in [1.54, 1.807) is 0 Å². The molecule has 0 spiro atoms. The number of hydrogen-bond donors (Lipinski definition) is 1. The van der Waals surface area contributed by atoms with Gasteiger partial charge in [0.15, 0.2) is 0 Å². The molecule has 2 heteroatoms. The Morgan fingerprint density at radius 2 is 2.18 bits per heavy atom. The van der Waals surface area contributed by atoms with Crippen LogP contribution < -0.4 is 0 Å². The van der Waals surface area contributed by atoms with E-state index in [9.17, 15) is 5.11 Å². The van der Waals surface area contributed by atoms with Crippen molar-refractivity contribution >= 4 is 5.71 Å². The highest BCUT2D eigenvalue weighted by Crippen LogP contribution is 2.34. The number of aryl methyl sites for hydroxylation is 1. The number of rotatable bonds is 3. The summed E-state index contributed by atoms with van der Waals surface area (Å²) in [5, 5.41) is 9.20. The van der Waals surface area contributed by atoms with E-state index in [2.05, 4.69) is 36.7 Å². The average Bonchev–Trinajstić information content (AvgIpc) is 2.33. The van der Waals surface area contributed by atoms with Gasteiger partial charge in [0.2, 0.25) is 0 Å². The van der Waals surface area contributed by atoms with Crippen molar-refractivity contribution < 1.29 is 5.11 Å². The van der Waals surface area contributed by atoms with Gasteiger partial charge in [-0.25, -0.2) is 0 Å². The molecule has 0 amide bonds. The van der Waals surface area contributed by atoms with Gasteiger partial charge in [0.25, 0.3) is 0 Å². The summed E-state index contributed by atoms with van der Waals surface area (Å²) in [5.41, 5.74) is 4.84. The van der Waals surface area contributed by atoms with Crippen LogP contribution in [0.25, 0.3) is 0 Å². The maximum atomic E-state index is 9.20. The van der Waals surface area contributed by atoms with E-state index in [4.69, 9.17) is 0 Å². The molecule has 2 atom stereocenters. The third kappa shape index (κ3) is 2.18. The summed E-state index contributed by atoms with van der Waals surface area (Å²) in [6.45, 7) is 8.18. The number of hydrogen-bond acceptors (Lipinski definition) is 2. The van der Waals surface area contributed by atoms with Gasteiger partial charge in [0, 0.05) is 18.2 Å². The van der Waals surface area contributed by atoms with Gasteiger partial charge in [-0.05, 0) is 37.5 Å². The van der Waals surface area contributed by atoms with Crippen LogP contribution >= 0.6 is 0 Å². The number of aliphatic hydroxyl groups is 1. The highest BCUT2D eigenvalue weighted by molar-refractivity contribution is 6.01. The lowest BCUT2D eigenvalue weighted by molar-refractivity contribution is 0.271. The first-order chi connectivity index (χ1) is 8.17. The second-order valence-corrected chi connectivity index (χ2v) is 4.65. The molecule has 0 bridgehead atoms. The van der Waals surface area contributed by atoms with E-state index in [-0.39, 0.29) is 18.6 Å². The highest BCUT2D eigenvalue weighted by atomic mass is 16.3. The molecule has 0 aromatic heterocycles. The van der Waals surface area contributed by atoms with E-state index in [1.165, 1.54) is 16.7 Å². The van der Waals surface area contributed by atoms with Crippen LogP contribution in [-0.4, -0.2) is 23.5 Å². The first kappa shape index (κ1) is 12.1. The Kier molecular flexibility index (Phi) is 3.43. The number of nitrogens with zero attached hydrogens (tertiary/aromatic N) is 1. The quantitative estimate of drug-likeness (QED) is 0.794. The largest absolute Gasteiger partial charge is 0.396 e. The number of aliphatic imine (C=N–C) groups is 1. The van der Waals surface area contributed by atoms with Crippen molar-refractivity contribution in [3.63, 3.8) is 0 Å². The molecule has 1 aromatic carbocycles. The number of aliphatic hydroxyl groups excluding tert-OH is 1. The maximum Gasteiger partial charge on any atom is 0.0750 e. The van der Waals surface area contributed by atoms with Crippen LogP contribution in [0.5, 0.6) is 0 Å². The summed E-state index contributed by atoms with van der Waals surface area (Å²) in [5.74, 6) is 0.261. The Morgan fingerprint density at radius 1 is 1.41 bits per heavy atom. The van der Waals surface area contributed by atoms with E-state index in [0.717, 1.165) is 12.1 Å². The van der Waals surface area contributed by atoms with Crippen molar-refractivity contribution in [3.05, 3.63) is 47.5 Å². The van der Waals surface area contributed by atoms with Gasteiger partial charge in [-0.2, -0.15) is 0 Å². The minimum Gasteiger partial charge on any atom is -0.396 e. The van der Waals surface area contributed by atoms with Gasteiger partial charge in [-0.15, -0.1) is 6.58 Å². The Morgan fingerprint density at radius 3 is 2.82 bits per heavy atom. The molecule has 0 saturated carbocycles. The lowest BCUT2D eigenvalue weighted by Gasteiger charge is -2.29. The van der Waals surface area contributed by atoms with Crippen LogP contribution in [0, 0.1) is 6.92 Å². The summed E-state index contributed by atoms with van der Waals surface area (Å²) < 4.78 is 0. The number of fused-ring (bicyclic) bond motifs is 1. The lowest BCUT2D eigenvalue weighted by Crippen LogP contribution is -2.24. The van der Waals surface area contributed by atoms with Gasteiger partial charge in [0.05, 0.1) is 6.04 Å². The van der Waals surface area contributed by atoms with Gasteiger partial charge in [-0.3, -0.25) is 4.99 Å². The summed E-state index contributed by atoms with van der Waals surface area (Å²) >= 11 is 0. The molecule has 2 nitrogen and oxygen atoms in total. The fraction of sp³-hybridized carbons (Fsp3) is 0.400. The topological polar surface area (TPSA) is 32.6 Å². The van der Waals surface area contributed by atoms with Crippen LogP contribution in [0.15, 0.2) is 35.8 Å². The predicted molar refractivity (Wildman–Crippen MR) is 71.8 cm³/mol. The fourth-order valence-electron chi connectivity index (χ4n) is 2.56. The van der Waals surface area contributed by atoms with E-state index >= 15 is 0 Å². The SMILES string of the molecule is C=CC1N=C(C)c2cc(C)ccc2C1CCO. The van der Waals surface area contributed by atoms with Crippen molar-refractivity contribution in [1.29, 1.82) is 0 Å². The predicted octanol–water partition coefficient (Wildman–Crippen LogP) is 2.84. The molecular formula is C15H19NO. The van der Waals surface area contributed by atoms with Crippen LogP contribution in [0.1, 0.15) is 36.0 Å². The summed E-state index contributed by atoms with van der Waals surface area (Å²) in [4.78, 5) is 4.67. The van der Waals surface area contributed by atoms with Crippen LogP contribution in [0.2, 0.25) is 0 Å². The lowest BCUT2D eigenvalue weighted by atomic mass is 9.81. The molecule has 0 radical (unpaired) electrons. The molecule has 1 N–H and O–H groups in total. The standard InChI is InChI=1S/C15H19NO/c1-4-15-13(7-8-17)12-6-5-10(2)9-14(12)11(3)16-15/h4-6,9,13,15,17H,1,7-8H2,2-3H3. The first-order valence-electron chi connectivity index (χ1n) is 6.06. The van der Waals surface area contributed by atoms with Crippen molar-refractivity contribution in [3.8, 4) is 0 Å². The van der Waals surface area contributed by atoms with Gasteiger partial charge in [-0.1, -0.05) is 23.8 Å². The molecule has 90 valence electrons. The Labute approximate surface area is 103 Å². The van der Waals surface area contributed by atoms with Gasteiger partial charge >= 0.3 is 0 Å². The van der Waals surface area contributed by atoms with E-state index in [1.807, 2.05) is 13.0 Å². The normalized spacial score (nSPS) is 22.9. The fourth-order valence-corrected chi connectivity index (χ4v) is 2.56. The molecule has 1 heterocycles. The zero-order valence-electron chi connectivity index (χ0n) is 10.5. The van der Waals surface area contributed by atoms with Crippen LogP contribution in [0.3, 0.4) is 0 Å². The molecule has 2 rings (SSSR count). The zero-order chi connectivity index (χ0) is 12.4. The second-order valence-electron chi connectivity index (χ2n) is 4.65. The Bertz CT molecular complexity index is 462. The van der Waals surface area contributed by atoms with Crippen LogP contribution in [-0.2, 0) is 0 Å². The van der Waals surface area contributed by atoms with Gasteiger partial charge in [0.1, 0.15) is 0 Å². The first-order valence-corrected chi connectivity index (χ1v) is 6.06. The zero-order valence-corrected chi connectivity index (χ0v) is 10.5. The summed E-state index contributed by atoms with van der Waals surface area (Å²) in [7, 11) is 0. The molecule has 0 aliphatic carbocycles.